The lowest BCUT2D eigenvalue weighted by molar-refractivity contribution is 0.119. The smallest absolute Gasteiger partial charge is 0.316 e. The lowest BCUT2D eigenvalue weighted by Gasteiger charge is -2.31. The van der Waals surface area contributed by atoms with Gasteiger partial charge in [-0.2, -0.15) is 4.31 Å². The Balaban J connectivity index is 1.76. The Kier molecular flexibility index (Phi) is 5.01. The Morgan fingerprint density at radius 3 is 2.64 bits per heavy atom. The molecular weight excluding hydrogens is 345 g/mol. The van der Waals surface area contributed by atoms with E-state index in [-0.39, 0.29) is 18.7 Å². The summed E-state index contributed by atoms with van der Waals surface area (Å²) in [5.74, 6) is -0.546. The molecule has 6 nitrogen and oxygen atoms in total. The van der Waals surface area contributed by atoms with E-state index in [1.807, 2.05) is 13.0 Å². The summed E-state index contributed by atoms with van der Waals surface area (Å²) in [6.07, 6.45) is 3.06. The van der Waals surface area contributed by atoms with Gasteiger partial charge < -0.3 is 4.74 Å². The van der Waals surface area contributed by atoms with E-state index in [0.717, 1.165) is 23.5 Å². The molecule has 1 aliphatic heterocycles. The van der Waals surface area contributed by atoms with Crippen molar-refractivity contribution in [3.05, 3.63) is 47.5 Å². The molecule has 0 N–H and O–H groups in total. The number of halogens is 1. The van der Waals surface area contributed by atoms with Crippen molar-refractivity contribution in [1.82, 2.24) is 14.3 Å². The molecule has 1 fully saturated rings. The van der Waals surface area contributed by atoms with Gasteiger partial charge in [0.25, 0.3) is 0 Å². The number of ether oxygens (including phenoxy) is 1. The van der Waals surface area contributed by atoms with Gasteiger partial charge >= 0.3 is 6.01 Å². The van der Waals surface area contributed by atoms with E-state index >= 15 is 0 Å². The number of rotatable bonds is 4. The second-order valence-electron chi connectivity index (χ2n) is 6.20. The quantitative estimate of drug-likeness (QED) is 0.832. The highest BCUT2D eigenvalue weighted by atomic mass is 32.2. The molecule has 3 rings (SSSR count). The fourth-order valence-corrected chi connectivity index (χ4v) is 4.67. The largest absolute Gasteiger partial charge is 0.459 e. The van der Waals surface area contributed by atoms with Crippen molar-refractivity contribution in [3.63, 3.8) is 0 Å². The van der Waals surface area contributed by atoms with Crippen molar-refractivity contribution in [1.29, 1.82) is 0 Å². The van der Waals surface area contributed by atoms with Gasteiger partial charge in [0.05, 0.1) is 23.8 Å². The predicted molar refractivity (Wildman–Crippen MR) is 90.3 cm³/mol. The van der Waals surface area contributed by atoms with E-state index in [4.69, 9.17) is 4.74 Å². The molecule has 1 unspecified atom stereocenters. The van der Waals surface area contributed by atoms with Crippen LogP contribution >= 0.6 is 0 Å². The Labute approximate surface area is 146 Å². The van der Waals surface area contributed by atoms with Gasteiger partial charge in [-0.1, -0.05) is 17.7 Å². The van der Waals surface area contributed by atoms with Crippen LogP contribution in [0.5, 0.6) is 6.01 Å². The van der Waals surface area contributed by atoms with Gasteiger partial charge in [0.1, 0.15) is 6.10 Å². The molecule has 0 spiro atoms. The number of aromatic nitrogens is 2. The molecule has 0 radical (unpaired) electrons. The predicted octanol–water partition coefficient (Wildman–Crippen LogP) is 2.46. The standard InChI is InChI=1S/C17H20FN3O3S/c1-12-5-6-16(13(2)8-12)25(22,23)21-7-3-4-15(11-21)24-17-19-9-14(18)10-20-17/h5-6,8-10,15H,3-4,7,11H2,1-2H3. The molecule has 25 heavy (non-hydrogen) atoms. The number of hydrogen-bond acceptors (Lipinski definition) is 5. The number of hydrogen-bond donors (Lipinski definition) is 0. The molecule has 1 atom stereocenters. The second kappa shape index (κ2) is 7.05. The minimum absolute atomic E-state index is 0.0529. The number of piperidine rings is 1. The Morgan fingerprint density at radius 1 is 1.24 bits per heavy atom. The number of benzene rings is 1. The first-order valence-electron chi connectivity index (χ1n) is 8.08. The molecule has 0 aliphatic carbocycles. The number of aryl methyl sites for hydroxylation is 2. The van der Waals surface area contributed by atoms with Gasteiger partial charge in [-0.15, -0.1) is 0 Å². The first-order valence-corrected chi connectivity index (χ1v) is 9.52. The summed E-state index contributed by atoms with van der Waals surface area (Å²) in [4.78, 5) is 7.85. The van der Waals surface area contributed by atoms with Gasteiger partial charge in [-0.05, 0) is 38.3 Å². The molecule has 2 aromatic rings. The van der Waals surface area contributed by atoms with Crippen LogP contribution in [0.4, 0.5) is 4.39 Å². The van der Waals surface area contributed by atoms with Crippen LogP contribution in [0.25, 0.3) is 0 Å². The van der Waals surface area contributed by atoms with E-state index in [0.29, 0.717) is 24.3 Å². The van der Waals surface area contributed by atoms with Crippen molar-refractivity contribution < 1.29 is 17.5 Å². The normalized spacial score (nSPS) is 18.9. The first kappa shape index (κ1) is 17.8. The average molecular weight is 365 g/mol. The maximum Gasteiger partial charge on any atom is 0.316 e. The van der Waals surface area contributed by atoms with Crippen molar-refractivity contribution in [2.45, 2.75) is 37.7 Å². The molecule has 0 bridgehead atoms. The van der Waals surface area contributed by atoms with Crippen LogP contribution in [0.3, 0.4) is 0 Å². The van der Waals surface area contributed by atoms with Crippen LogP contribution in [0.1, 0.15) is 24.0 Å². The van der Waals surface area contributed by atoms with Gasteiger partial charge in [-0.3, -0.25) is 0 Å². The maximum absolute atomic E-state index is 13.0. The second-order valence-corrected chi connectivity index (χ2v) is 8.10. The van der Waals surface area contributed by atoms with Gasteiger partial charge in [0.2, 0.25) is 10.0 Å². The zero-order chi connectivity index (χ0) is 18.0. The molecule has 0 saturated carbocycles. The molecule has 8 heteroatoms. The highest BCUT2D eigenvalue weighted by Gasteiger charge is 2.32. The molecule has 1 aromatic carbocycles. The summed E-state index contributed by atoms with van der Waals surface area (Å²) in [5.41, 5.74) is 1.75. The third kappa shape index (κ3) is 3.96. The van der Waals surface area contributed by atoms with Crippen LogP contribution < -0.4 is 4.74 Å². The summed E-state index contributed by atoms with van der Waals surface area (Å²) in [5, 5.41) is 0. The minimum Gasteiger partial charge on any atom is -0.459 e. The molecular formula is C17H20FN3O3S. The zero-order valence-corrected chi connectivity index (χ0v) is 15.0. The fourth-order valence-electron chi connectivity index (χ4n) is 2.96. The summed E-state index contributed by atoms with van der Waals surface area (Å²) in [6.45, 7) is 4.39. The molecule has 2 heterocycles. The van der Waals surface area contributed by atoms with E-state index in [9.17, 15) is 12.8 Å². The van der Waals surface area contributed by atoms with E-state index in [1.165, 1.54) is 4.31 Å². The third-order valence-electron chi connectivity index (χ3n) is 4.16. The van der Waals surface area contributed by atoms with E-state index in [1.54, 1.807) is 19.1 Å². The average Bonchev–Trinajstić information content (AvgIpc) is 2.57. The van der Waals surface area contributed by atoms with Crippen LogP contribution in [0.2, 0.25) is 0 Å². The van der Waals surface area contributed by atoms with Crippen LogP contribution in [-0.4, -0.2) is 41.9 Å². The van der Waals surface area contributed by atoms with E-state index in [2.05, 4.69) is 9.97 Å². The fraction of sp³-hybridized carbons (Fsp3) is 0.412. The summed E-state index contributed by atoms with van der Waals surface area (Å²) in [7, 11) is -3.59. The summed E-state index contributed by atoms with van der Waals surface area (Å²) >= 11 is 0. The molecule has 134 valence electrons. The lowest BCUT2D eigenvalue weighted by atomic mass is 10.1. The van der Waals surface area contributed by atoms with Crippen LogP contribution in [0.15, 0.2) is 35.5 Å². The van der Waals surface area contributed by atoms with Crippen LogP contribution in [0, 0.1) is 19.7 Å². The van der Waals surface area contributed by atoms with Crippen molar-refractivity contribution in [2.75, 3.05) is 13.1 Å². The molecule has 0 amide bonds. The highest BCUT2D eigenvalue weighted by molar-refractivity contribution is 7.89. The van der Waals surface area contributed by atoms with Crippen molar-refractivity contribution in [3.8, 4) is 6.01 Å². The summed E-state index contributed by atoms with van der Waals surface area (Å²) in [6, 6.07) is 5.35. The first-order chi connectivity index (χ1) is 11.9. The maximum atomic E-state index is 13.0. The molecule has 1 saturated heterocycles. The van der Waals surface area contributed by atoms with Gasteiger partial charge in [-0.25, -0.2) is 22.8 Å². The van der Waals surface area contributed by atoms with E-state index < -0.39 is 15.8 Å². The molecule has 1 aromatic heterocycles. The Hall–Kier alpha value is -2.06. The van der Waals surface area contributed by atoms with Crippen molar-refractivity contribution in [2.24, 2.45) is 0 Å². The lowest BCUT2D eigenvalue weighted by Crippen LogP contribution is -2.44. The minimum atomic E-state index is -3.59. The highest BCUT2D eigenvalue weighted by Crippen LogP contribution is 2.25. The Bertz CT molecular complexity index is 856. The zero-order valence-electron chi connectivity index (χ0n) is 14.1. The third-order valence-corrected chi connectivity index (χ3v) is 6.18. The van der Waals surface area contributed by atoms with Crippen molar-refractivity contribution >= 4 is 10.0 Å². The topological polar surface area (TPSA) is 72.4 Å². The number of sulfonamides is 1. The SMILES string of the molecule is Cc1ccc(S(=O)(=O)N2CCCC(Oc3ncc(F)cn3)C2)c(C)c1. The molecule has 1 aliphatic rings. The number of nitrogens with zero attached hydrogens (tertiary/aromatic N) is 3. The van der Waals surface area contributed by atoms with Gasteiger partial charge in [0.15, 0.2) is 5.82 Å². The van der Waals surface area contributed by atoms with Gasteiger partial charge in [0, 0.05) is 6.54 Å². The monoisotopic (exact) mass is 365 g/mol. The summed E-state index contributed by atoms with van der Waals surface area (Å²) < 4.78 is 45.8. The van der Waals surface area contributed by atoms with Crippen LogP contribution in [-0.2, 0) is 10.0 Å². The Morgan fingerprint density at radius 2 is 1.96 bits per heavy atom.